The van der Waals surface area contributed by atoms with Crippen molar-refractivity contribution in [3.63, 3.8) is 0 Å². The number of nitrogens with zero attached hydrogens (tertiary/aromatic N) is 1. The summed E-state index contributed by atoms with van der Waals surface area (Å²) in [5.41, 5.74) is 6.68. The lowest BCUT2D eigenvalue weighted by Crippen LogP contribution is -2.23. The third kappa shape index (κ3) is 7.41. The minimum Gasteiger partial charge on any atom is -0.497 e. The van der Waals surface area contributed by atoms with Crippen LogP contribution >= 0.6 is 24.0 Å². The van der Waals surface area contributed by atoms with Gasteiger partial charge in [-0.25, -0.2) is 0 Å². The SMILES string of the molecule is COc1ccc(OCCCN=C(N)Nc2ccc(OC)c(OC)c2)cc1.I. The van der Waals surface area contributed by atoms with Gasteiger partial charge in [-0.15, -0.1) is 24.0 Å². The number of methoxy groups -OCH3 is 3. The van der Waals surface area contributed by atoms with Gasteiger partial charge in [0.1, 0.15) is 11.5 Å². The van der Waals surface area contributed by atoms with Gasteiger partial charge in [-0.1, -0.05) is 0 Å². The predicted octanol–water partition coefficient (Wildman–Crippen LogP) is 3.53. The van der Waals surface area contributed by atoms with Gasteiger partial charge in [0.15, 0.2) is 17.5 Å². The van der Waals surface area contributed by atoms with Crippen LogP contribution < -0.4 is 30.0 Å². The molecule has 0 atom stereocenters. The van der Waals surface area contributed by atoms with Gasteiger partial charge in [0, 0.05) is 24.7 Å². The largest absolute Gasteiger partial charge is 0.497 e. The molecule has 7 nitrogen and oxygen atoms in total. The Morgan fingerprint density at radius 2 is 1.59 bits per heavy atom. The Morgan fingerprint density at radius 1 is 0.926 bits per heavy atom. The van der Waals surface area contributed by atoms with Crippen molar-refractivity contribution in [1.82, 2.24) is 0 Å². The fraction of sp³-hybridized carbons (Fsp3) is 0.316. The van der Waals surface area contributed by atoms with Crippen molar-refractivity contribution >= 4 is 35.6 Å². The molecule has 27 heavy (non-hydrogen) atoms. The molecule has 0 aliphatic carbocycles. The van der Waals surface area contributed by atoms with Crippen molar-refractivity contribution in [2.24, 2.45) is 10.7 Å². The summed E-state index contributed by atoms with van der Waals surface area (Å²) in [6.45, 7) is 1.11. The monoisotopic (exact) mass is 487 g/mol. The number of nitrogens with two attached hydrogens (primary N) is 1. The minimum atomic E-state index is 0. The van der Waals surface area contributed by atoms with Gasteiger partial charge in [-0.05, 0) is 36.4 Å². The Labute approximate surface area is 176 Å². The van der Waals surface area contributed by atoms with Gasteiger partial charge in [0.05, 0.1) is 27.9 Å². The number of anilines is 1. The maximum absolute atomic E-state index is 5.91. The molecule has 0 aliphatic rings. The summed E-state index contributed by atoms with van der Waals surface area (Å²) in [5, 5.41) is 3.03. The summed E-state index contributed by atoms with van der Waals surface area (Å²) < 4.78 is 21.2. The van der Waals surface area contributed by atoms with Crippen molar-refractivity contribution in [3.8, 4) is 23.0 Å². The smallest absolute Gasteiger partial charge is 0.193 e. The standard InChI is InChI=1S/C19H25N3O4.HI/c1-23-15-6-8-16(9-7-15)26-12-4-11-21-19(20)22-14-5-10-17(24-2)18(13-14)25-3;/h5-10,13H,4,11-12H2,1-3H3,(H3,20,21,22);1H. The van der Waals surface area contributed by atoms with Gasteiger partial charge in [0.25, 0.3) is 0 Å². The van der Waals surface area contributed by atoms with Gasteiger partial charge in [-0.2, -0.15) is 0 Å². The summed E-state index contributed by atoms with van der Waals surface area (Å²) in [5.74, 6) is 3.21. The number of hydrogen-bond acceptors (Lipinski definition) is 5. The molecule has 0 aromatic heterocycles. The second-order valence-corrected chi connectivity index (χ2v) is 5.34. The summed E-state index contributed by atoms with van der Waals surface area (Å²) in [7, 11) is 4.81. The van der Waals surface area contributed by atoms with E-state index in [0.29, 0.717) is 30.6 Å². The summed E-state index contributed by atoms with van der Waals surface area (Å²) >= 11 is 0. The average Bonchev–Trinajstić information content (AvgIpc) is 2.68. The lowest BCUT2D eigenvalue weighted by atomic mass is 10.3. The lowest BCUT2D eigenvalue weighted by Gasteiger charge is -2.11. The molecule has 0 unspecified atom stereocenters. The van der Waals surface area contributed by atoms with E-state index in [0.717, 1.165) is 23.6 Å². The molecule has 0 saturated heterocycles. The van der Waals surface area contributed by atoms with Crippen molar-refractivity contribution in [2.45, 2.75) is 6.42 Å². The van der Waals surface area contributed by atoms with Crippen LogP contribution in [0.15, 0.2) is 47.5 Å². The van der Waals surface area contributed by atoms with E-state index in [4.69, 9.17) is 24.7 Å². The van der Waals surface area contributed by atoms with E-state index in [2.05, 4.69) is 10.3 Å². The number of nitrogens with one attached hydrogen (secondary N) is 1. The fourth-order valence-corrected chi connectivity index (χ4v) is 2.23. The zero-order chi connectivity index (χ0) is 18.8. The molecule has 0 bridgehead atoms. The van der Waals surface area contributed by atoms with E-state index < -0.39 is 0 Å². The van der Waals surface area contributed by atoms with Crippen molar-refractivity contribution in [2.75, 3.05) is 39.8 Å². The number of halogens is 1. The third-order valence-corrected chi connectivity index (χ3v) is 3.57. The highest BCUT2D eigenvalue weighted by atomic mass is 127. The van der Waals surface area contributed by atoms with E-state index >= 15 is 0 Å². The van der Waals surface area contributed by atoms with E-state index in [1.54, 1.807) is 33.5 Å². The molecular formula is C19H26IN3O4. The molecule has 0 heterocycles. The Kier molecular flexibility index (Phi) is 10.2. The average molecular weight is 487 g/mol. The van der Waals surface area contributed by atoms with Crippen LogP contribution in [-0.4, -0.2) is 40.4 Å². The molecule has 0 amide bonds. The predicted molar refractivity (Wildman–Crippen MR) is 118 cm³/mol. The number of ether oxygens (including phenoxy) is 4. The van der Waals surface area contributed by atoms with Gasteiger partial charge >= 0.3 is 0 Å². The highest BCUT2D eigenvalue weighted by Crippen LogP contribution is 2.29. The summed E-state index contributed by atoms with van der Waals surface area (Å²) in [4.78, 5) is 4.29. The topological polar surface area (TPSA) is 87.3 Å². The van der Waals surface area contributed by atoms with Gasteiger partial charge < -0.3 is 30.0 Å². The first-order chi connectivity index (χ1) is 12.7. The van der Waals surface area contributed by atoms with Gasteiger partial charge in [-0.3, -0.25) is 4.99 Å². The van der Waals surface area contributed by atoms with Crippen LogP contribution in [0.2, 0.25) is 0 Å². The van der Waals surface area contributed by atoms with Crippen LogP contribution in [0.4, 0.5) is 5.69 Å². The zero-order valence-corrected chi connectivity index (χ0v) is 18.1. The van der Waals surface area contributed by atoms with Crippen LogP contribution in [0.25, 0.3) is 0 Å². The minimum absolute atomic E-state index is 0. The second kappa shape index (κ2) is 12.1. The van der Waals surface area contributed by atoms with E-state index in [9.17, 15) is 0 Å². The van der Waals surface area contributed by atoms with Crippen LogP contribution in [0, 0.1) is 0 Å². The third-order valence-electron chi connectivity index (χ3n) is 3.57. The Hall–Kier alpha value is -2.36. The Morgan fingerprint density at radius 3 is 2.22 bits per heavy atom. The summed E-state index contributed by atoms with van der Waals surface area (Å²) in [6.07, 6.45) is 0.750. The molecule has 0 saturated carbocycles. The summed E-state index contributed by atoms with van der Waals surface area (Å²) in [6, 6.07) is 12.9. The van der Waals surface area contributed by atoms with Gasteiger partial charge in [0.2, 0.25) is 0 Å². The number of benzene rings is 2. The number of rotatable bonds is 9. The first kappa shape index (κ1) is 22.7. The first-order valence-electron chi connectivity index (χ1n) is 8.22. The molecule has 2 aromatic carbocycles. The molecule has 0 aliphatic heterocycles. The number of guanidine groups is 1. The van der Waals surface area contributed by atoms with Crippen molar-refractivity contribution in [1.29, 1.82) is 0 Å². The Balaban J connectivity index is 0.00000364. The first-order valence-corrected chi connectivity index (χ1v) is 8.22. The maximum Gasteiger partial charge on any atom is 0.193 e. The molecule has 0 fully saturated rings. The van der Waals surface area contributed by atoms with Crippen LogP contribution in [0.5, 0.6) is 23.0 Å². The van der Waals surface area contributed by atoms with E-state index in [1.807, 2.05) is 30.3 Å². The zero-order valence-electron chi connectivity index (χ0n) is 15.7. The molecular weight excluding hydrogens is 461 g/mol. The highest BCUT2D eigenvalue weighted by Gasteiger charge is 2.05. The van der Waals surface area contributed by atoms with Crippen LogP contribution in [0.3, 0.4) is 0 Å². The molecule has 0 radical (unpaired) electrons. The number of hydrogen-bond donors (Lipinski definition) is 2. The van der Waals surface area contributed by atoms with E-state index in [1.165, 1.54) is 0 Å². The normalized spacial score (nSPS) is 10.6. The molecule has 0 spiro atoms. The Bertz CT molecular complexity index is 723. The fourth-order valence-electron chi connectivity index (χ4n) is 2.23. The van der Waals surface area contributed by atoms with Crippen molar-refractivity contribution in [3.05, 3.63) is 42.5 Å². The lowest BCUT2D eigenvalue weighted by molar-refractivity contribution is 0.313. The highest BCUT2D eigenvalue weighted by molar-refractivity contribution is 14.0. The van der Waals surface area contributed by atoms with Crippen LogP contribution in [-0.2, 0) is 0 Å². The quantitative estimate of drug-likeness (QED) is 0.244. The maximum atomic E-state index is 5.91. The van der Waals surface area contributed by atoms with E-state index in [-0.39, 0.29) is 24.0 Å². The number of aliphatic imine (C=N–C) groups is 1. The molecule has 2 rings (SSSR count). The molecule has 3 N–H and O–H groups in total. The second-order valence-electron chi connectivity index (χ2n) is 5.34. The van der Waals surface area contributed by atoms with Crippen LogP contribution in [0.1, 0.15) is 6.42 Å². The molecule has 148 valence electrons. The van der Waals surface area contributed by atoms with Crippen molar-refractivity contribution < 1.29 is 18.9 Å². The molecule has 8 heteroatoms. The molecule has 2 aromatic rings.